The smallest absolute Gasteiger partial charge is 0.277 e. The van der Waals surface area contributed by atoms with Crippen molar-refractivity contribution in [1.29, 1.82) is 0 Å². The molecule has 25 heavy (non-hydrogen) atoms. The zero-order valence-electron chi connectivity index (χ0n) is 12.9. The van der Waals surface area contributed by atoms with E-state index in [2.05, 4.69) is 42.4 Å². The summed E-state index contributed by atoms with van der Waals surface area (Å²) in [6.45, 7) is -0.249. The first kappa shape index (κ1) is 19.6. The molecule has 0 aliphatic carbocycles. The summed E-state index contributed by atoms with van der Waals surface area (Å²) in [4.78, 5) is 11.8. The zero-order valence-corrected chi connectivity index (χ0v) is 16.9. The Labute approximate surface area is 166 Å². The molecular formula is C16H13Br2ClN2O4. The number of benzene rings is 2. The van der Waals surface area contributed by atoms with Gasteiger partial charge in [-0.1, -0.05) is 27.5 Å². The minimum Gasteiger partial charge on any atom is -0.506 e. The van der Waals surface area contributed by atoms with Gasteiger partial charge in [-0.25, -0.2) is 5.43 Å². The van der Waals surface area contributed by atoms with Crippen molar-refractivity contribution < 1.29 is 19.4 Å². The fraction of sp³-hybridized carbons (Fsp3) is 0.125. The average molecular weight is 493 g/mol. The average Bonchev–Trinajstić information content (AvgIpc) is 2.57. The number of nitrogens with one attached hydrogen (secondary N) is 1. The topological polar surface area (TPSA) is 80.2 Å². The number of carbonyl (C=O) groups excluding carboxylic acids is 1. The number of carbonyl (C=O) groups is 1. The molecule has 2 N–H and O–H groups in total. The molecule has 0 radical (unpaired) electrons. The first-order valence-corrected chi connectivity index (χ1v) is 8.83. The summed E-state index contributed by atoms with van der Waals surface area (Å²) >= 11 is 12.4. The lowest BCUT2D eigenvalue weighted by Crippen LogP contribution is -2.24. The van der Waals surface area contributed by atoms with Gasteiger partial charge in [0.2, 0.25) is 0 Å². The number of hydrazone groups is 1. The van der Waals surface area contributed by atoms with Crippen LogP contribution < -0.4 is 14.9 Å². The Morgan fingerprint density at radius 1 is 1.32 bits per heavy atom. The lowest BCUT2D eigenvalue weighted by molar-refractivity contribution is -0.123. The second-order valence-electron chi connectivity index (χ2n) is 4.70. The van der Waals surface area contributed by atoms with Gasteiger partial charge in [-0.15, -0.1) is 0 Å². The summed E-state index contributed by atoms with van der Waals surface area (Å²) in [6, 6.07) is 8.24. The first-order valence-electron chi connectivity index (χ1n) is 6.87. The van der Waals surface area contributed by atoms with Gasteiger partial charge in [0, 0.05) is 15.1 Å². The maximum atomic E-state index is 11.8. The summed E-state index contributed by atoms with van der Waals surface area (Å²) in [5.74, 6) is 0.431. The molecule has 0 bridgehead atoms. The molecule has 1 amide bonds. The monoisotopic (exact) mass is 490 g/mol. The number of ether oxygens (including phenoxy) is 2. The minimum absolute atomic E-state index is 0.0294. The van der Waals surface area contributed by atoms with E-state index in [4.69, 9.17) is 21.1 Å². The van der Waals surface area contributed by atoms with Gasteiger partial charge >= 0.3 is 0 Å². The van der Waals surface area contributed by atoms with Crippen molar-refractivity contribution in [3.63, 3.8) is 0 Å². The number of halogens is 3. The van der Waals surface area contributed by atoms with Crippen molar-refractivity contribution in [2.45, 2.75) is 0 Å². The predicted molar refractivity (Wildman–Crippen MR) is 103 cm³/mol. The molecule has 2 rings (SSSR count). The molecule has 0 saturated heterocycles. The SMILES string of the molecule is COc1cc(Br)ccc1OCC(=O)NN=Cc1cc(Cl)cc(Br)c1O. The summed E-state index contributed by atoms with van der Waals surface area (Å²) in [5.41, 5.74) is 2.66. The highest BCUT2D eigenvalue weighted by Gasteiger charge is 2.08. The van der Waals surface area contributed by atoms with Gasteiger partial charge < -0.3 is 14.6 Å². The third-order valence-corrected chi connectivity index (χ3v) is 4.25. The van der Waals surface area contributed by atoms with Gasteiger partial charge in [0.05, 0.1) is 17.8 Å². The fourth-order valence-electron chi connectivity index (χ4n) is 1.79. The number of nitrogens with zero attached hydrogens (tertiary/aromatic N) is 1. The van der Waals surface area contributed by atoms with Crippen LogP contribution in [0.3, 0.4) is 0 Å². The summed E-state index contributed by atoms with van der Waals surface area (Å²) in [5, 5.41) is 14.1. The van der Waals surface area contributed by atoms with Gasteiger partial charge in [-0.2, -0.15) is 5.10 Å². The number of phenols is 1. The lowest BCUT2D eigenvalue weighted by Gasteiger charge is -2.10. The largest absolute Gasteiger partial charge is 0.506 e. The van der Waals surface area contributed by atoms with E-state index in [9.17, 15) is 9.90 Å². The van der Waals surface area contributed by atoms with Crippen molar-refractivity contribution in [3.05, 3.63) is 49.9 Å². The van der Waals surface area contributed by atoms with Gasteiger partial charge in [0.15, 0.2) is 18.1 Å². The second kappa shape index (κ2) is 9.07. The number of rotatable bonds is 6. The second-order valence-corrected chi connectivity index (χ2v) is 6.91. The van der Waals surface area contributed by atoms with Gasteiger partial charge in [0.1, 0.15) is 5.75 Å². The van der Waals surface area contributed by atoms with Crippen molar-refractivity contribution in [2.24, 2.45) is 5.10 Å². The van der Waals surface area contributed by atoms with Crippen LogP contribution in [0.5, 0.6) is 17.2 Å². The predicted octanol–water partition coefficient (Wildman–Crippen LogP) is 4.11. The number of methoxy groups -OCH3 is 1. The molecule has 9 heteroatoms. The standard InChI is InChI=1S/C16H13Br2ClN2O4/c1-24-14-5-10(17)2-3-13(14)25-8-15(22)21-20-7-9-4-11(19)6-12(18)16(9)23/h2-7,23H,8H2,1H3,(H,21,22). The quantitative estimate of drug-likeness (QED) is 0.470. The van der Waals surface area contributed by atoms with Crippen LogP contribution in [0.15, 0.2) is 44.4 Å². The highest BCUT2D eigenvalue weighted by Crippen LogP contribution is 2.31. The molecule has 0 unspecified atom stereocenters. The molecule has 0 aliphatic rings. The van der Waals surface area contributed by atoms with Crippen molar-refractivity contribution in [2.75, 3.05) is 13.7 Å². The van der Waals surface area contributed by atoms with E-state index >= 15 is 0 Å². The third-order valence-electron chi connectivity index (χ3n) is 2.93. The van der Waals surface area contributed by atoms with Crippen molar-refractivity contribution in [3.8, 4) is 17.2 Å². The molecule has 0 heterocycles. The van der Waals surface area contributed by atoms with E-state index in [-0.39, 0.29) is 12.4 Å². The van der Waals surface area contributed by atoms with Crippen LogP contribution in [-0.4, -0.2) is 30.9 Å². The maximum absolute atomic E-state index is 11.8. The molecule has 2 aromatic rings. The molecule has 0 aromatic heterocycles. The minimum atomic E-state index is -0.471. The van der Waals surface area contributed by atoms with Gasteiger partial charge in [-0.3, -0.25) is 4.79 Å². The molecule has 0 saturated carbocycles. The van der Waals surface area contributed by atoms with Crippen LogP contribution in [0.4, 0.5) is 0 Å². The molecule has 0 atom stereocenters. The highest BCUT2D eigenvalue weighted by atomic mass is 79.9. The van der Waals surface area contributed by atoms with Crippen LogP contribution in [0, 0.1) is 0 Å². The molecule has 6 nitrogen and oxygen atoms in total. The van der Waals surface area contributed by atoms with Crippen LogP contribution in [0.1, 0.15) is 5.56 Å². The van der Waals surface area contributed by atoms with E-state index in [1.165, 1.54) is 19.4 Å². The van der Waals surface area contributed by atoms with Crippen LogP contribution in [-0.2, 0) is 4.79 Å². The van der Waals surface area contributed by atoms with E-state index in [1.54, 1.807) is 24.3 Å². The lowest BCUT2D eigenvalue weighted by atomic mass is 10.2. The van der Waals surface area contributed by atoms with E-state index in [0.29, 0.717) is 26.6 Å². The third kappa shape index (κ3) is 5.62. The van der Waals surface area contributed by atoms with E-state index < -0.39 is 5.91 Å². The zero-order chi connectivity index (χ0) is 18.4. The summed E-state index contributed by atoms with van der Waals surface area (Å²) in [7, 11) is 1.51. The Balaban J connectivity index is 1.93. The molecule has 0 fully saturated rings. The highest BCUT2D eigenvalue weighted by molar-refractivity contribution is 9.10. The van der Waals surface area contributed by atoms with Crippen molar-refractivity contribution >= 4 is 55.6 Å². The number of amides is 1. The van der Waals surface area contributed by atoms with Crippen LogP contribution >= 0.6 is 43.5 Å². The first-order chi connectivity index (χ1) is 11.9. The maximum Gasteiger partial charge on any atom is 0.277 e. The van der Waals surface area contributed by atoms with Gasteiger partial charge in [-0.05, 0) is 46.3 Å². The van der Waals surface area contributed by atoms with E-state index in [1.807, 2.05) is 0 Å². The Hall–Kier alpha value is -1.77. The summed E-state index contributed by atoms with van der Waals surface area (Å²) < 4.78 is 11.8. The molecule has 0 spiro atoms. The number of phenolic OH excluding ortho intramolecular Hbond substituents is 1. The van der Waals surface area contributed by atoms with Crippen LogP contribution in [0.2, 0.25) is 5.02 Å². The normalized spacial score (nSPS) is 10.7. The Morgan fingerprint density at radius 2 is 2.08 bits per heavy atom. The Morgan fingerprint density at radius 3 is 2.80 bits per heavy atom. The van der Waals surface area contributed by atoms with E-state index in [0.717, 1.165) is 4.47 Å². The fourth-order valence-corrected chi connectivity index (χ4v) is 2.97. The van der Waals surface area contributed by atoms with Crippen LogP contribution in [0.25, 0.3) is 0 Å². The number of aromatic hydroxyl groups is 1. The Bertz CT molecular complexity index is 815. The Kier molecular flexibility index (Phi) is 7.10. The molecular weight excluding hydrogens is 479 g/mol. The molecule has 0 aliphatic heterocycles. The molecule has 132 valence electrons. The van der Waals surface area contributed by atoms with Gasteiger partial charge in [0.25, 0.3) is 5.91 Å². The molecule has 2 aromatic carbocycles. The number of hydrogen-bond acceptors (Lipinski definition) is 5. The summed E-state index contributed by atoms with van der Waals surface area (Å²) in [6.07, 6.45) is 1.28. The van der Waals surface area contributed by atoms with Crippen molar-refractivity contribution in [1.82, 2.24) is 5.43 Å². The number of hydrogen-bond donors (Lipinski definition) is 2.